The van der Waals surface area contributed by atoms with Gasteiger partial charge in [-0.2, -0.15) is 13.2 Å². The molecule has 1 aliphatic heterocycles. The molecule has 0 spiro atoms. The van der Waals surface area contributed by atoms with Gasteiger partial charge in [-0.15, -0.1) is 0 Å². The molecular formula is C18H24F3N3O4. The fraction of sp³-hybridized carbons (Fsp3) is 0.556. The fourth-order valence-electron chi connectivity index (χ4n) is 2.83. The number of benzene rings is 1. The number of nitrogens with two attached hydrogens (primary N) is 1. The summed E-state index contributed by atoms with van der Waals surface area (Å²) >= 11 is 0. The molecule has 1 aliphatic rings. The van der Waals surface area contributed by atoms with E-state index in [9.17, 15) is 22.8 Å². The Morgan fingerprint density at radius 2 is 1.79 bits per heavy atom. The summed E-state index contributed by atoms with van der Waals surface area (Å²) in [6.07, 6.45) is -4.86. The lowest BCUT2D eigenvalue weighted by Gasteiger charge is -2.33. The Hall–Kier alpha value is -2.49. The highest BCUT2D eigenvalue weighted by atomic mass is 19.4. The zero-order valence-electron chi connectivity index (χ0n) is 15.9. The SMILES string of the molecule is CC(C)(C)OC(=O)N1CCC(Oc2cccc(C(F)(F)F)c2C(=O)NN)CC1. The highest BCUT2D eigenvalue weighted by molar-refractivity contribution is 5.98. The van der Waals surface area contributed by atoms with E-state index < -0.39 is 41.0 Å². The van der Waals surface area contributed by atoms with Gasteiger partial charge in [0.2, 0.25) is 0 Å². The summed E-state index contributed by atoms with van der Waals surface area (Å²) in [5.41, 5.74) is -0.677. The number of nitrogens with zero attached hydrogens (tertiary/aromatic N) is 1. The second kappa shape index (κ2) is 8.26. The minimum absolute atomic E-state index is 0.200. The number of piperidine rings is 1. The van der Waals surface area contributed by atoms with Crippen LogP contribution in [0.25, 0.3) is 0 Å². The molecule has 28 heavy (non-hydrogen) atoms. The van der Waals surface area contributed by atoms with Crippen LogP contribution in [0.3, 0.4) is 0 Å². The predicted octanol–water partition coefficient (Wildman–Crippen LogP) is 3.09. The number of rotatable bonds is 3. The number of nitrogen functional groups attached to an aromatic ring is 1. The third-order valence-corrected chi connectivity index (χ3v) is 4.08. The minimum Gasteiger partial charge on any atom is -0.489 e. The first-order valence-corrected chi connectivity index (χ1v) is 8.78. The molecule has 2 rings (SSSR count). The van der Waals surface area contributed by atoms with E-state index in [1.165, 1.54) is 17.0 Å². The summed E-state index contributed by atoms with van der Waals surface area (Å²) in [4.78, 5) is 25.5. The molecule has 0 atom stereocenters. The van der Waals surface area contributed by atoms with Crippen LogP contribution >= 0.6 is 0 Å². The maximum atomic E-state index is 13.2. The summed E-state index contributed by atoms with van der Waals surface area (Å²) in [5, 5.41) is 0. The van der Waals surface area contributed by atoms with E-state index >= 15 is 0 Å². The van der Waals surface area contributed by atoms with Crippen LogP contribution < -0.4 is 16.0 Å². The number of amides is 2. The third-order valence-electron chi connectivity index (χ3n) is 4.08. The molecule has 0 unspecified atom stereocenters. The first kappa shape index (κ1) is 21.8. The molecule has 1 aromatic carbocycles. The Balaban J connectivity index is 2.11. The normalized spacial score (nSPS) is 15.9. The second-order valence-electron chi connectivity index (χ2n) is 7.43. The number of ether oxygens (including phenoxy) is 2. The van der Waals surface area contributed by atoms with Gasteiger partial charge in [0.1, 0.15) is 17.5 Å². The molecular weight excluding hydrogens is 379 g/mol. The number of nitrogens with one attached hydrogen (secondary N) is 1. The van der Waals surface area contributed by atoms with Gasteiger partial charge in [0.05, 0.1) is 11.1 Å². The van der Waals surface area contributed by atoms with E-state index in [1.54, 1.807) is 26.2 Å². The Morgan fingerprint density at radius 1 is 1.18 bits per heavy atom. The summed E-state index contributed by atoms with van der Waals surface area (Å²) in [6.45, 7) is 5.95. The molecule has 0 aromatic heterocycles. The van der Waals surface area contributed by atoms with Gasteiger partial charge in [-0.05, 0) is 32.9 Å². The van der Waals surface area contributed by atoms with Crippen LogP contribution in [-0.2, 0) is 10.9 Å². The van der Waals surface area contributed by atoms with E-state index in [1.807, 2.05) is 0 Å². The Kier molecular flexibility index (Phi) is 6.43. The molecule has 1 aromatic rings. The van der Waals surface area contributed by atoms with Crippen LogP contribution in [0.1, 0.15) is 49.5 Å². The van der Waals surface area contributed by atoms with Crippen LogP contribution in [0, 0.1) is 0 Å². The monoisotopic (exact) mass is 403 g/mol. The van der Waals surface area contributed by atoms with Crippen molar-refractivity contribution in [1.82, 2.24) is 10.3 Å². The van der Waals surface area contributed by atoms with Gasteiger partial charge in [-0.25, -0.2) is 10.6 Å². The number of likely N-dealkylation sites (tertiary alicyclic amines) is 1. The molecule has 0 saturated carbocycles. The first-order valence-electron chi connectivity index (χ1n) is 8.78. The zero-order valence-corrected chi connectivity index (χ0v) is 15.9. The molecule has 0 radical (unpaired) electrons. The van der Waals surface area contributed by atoms with E-state index in [2.05, 4.69) is 0 Å². The van der Waals surface area contributed by atoms with Gasteiger partial charge >= 0.3 is 12.3 Å². The lowest BCUT2D eigenvalue weighted by Crippen LogP contribution is -2.44. The molecule has 2 amide bonds. The Bertz CT molecular complexity index is 724. The number of hydrazine groups is 1. The van der Waals surface area contributed by atoms with E-state index in [0.29, 0.717) is 25.9 Å². The van der Waals surface area contributed by atoms with E-state index in [4.69, 9.17) is 15.3 Å². The van der Waals surface area contributed by atoms with Gasteiger partial charge < -0.3 is 14.4 Å². The first-order chi connectivity index (χ1) is 12.9. The molecule has 10 heteroatoms. The molecule has 1 heterocycles. The standard InChI is InChI=1S/C18H24F3N3O4/c1-17(2,3)28-16(26)24-9-7-11(8-10-24)27-13-6-4-5-12(18(19,20)21)14(13)15(25)23-22/h4-6,11H,7-10,22H2,1-3H3,(H,23,25). The van der Waals surface area contributed by atoms with Gasteiger partial charge in [-0.3, -0.25) is 10.2 Å². The van der Waals surface area contributed by atoms with Crippen LogP contribution in [-0.4, -0.2) is 41.7 Å². The van der Waals surface area contributed by atoms with Crippen LogP contribution in [0.2, 0.25) is 0 Å². The van der Waals surface area contributed by atoms with Crippen LogP contribution in [0.4, 0.5) is 18.0 Å². The summed E-state index contributed by atoms with van der Waals surface area (Å²) in [6, 6.07) is 3.25. The van der Waals surface area contributed by atoms with Crippen molar-refractivity contribution >= 4 is 12.0 Å². The van der Waals surface area contributed by atoms with Crippen molar-refractivity contribution in [2.24, 2.45) is 5.84 Å². The number of hydrogen-bond donors (Lipinski definition) is 2. The lowest BCUT2D eigenvalue weighted by atomic mass is 10.0. The largest absolute Gasteiger partial charge is 0.489 e. The number of hydrogen-bond acceptors (Lipinski definition) is 5. The molecule has 1 fully saturated rings. The van der Waals surface area contributed by atoms with Crippen molar-refractivity contribution < 1.29 is 32.2 Å². The maximum Gasteiger partial charge on any atom is 0.417 e. The van der Waals surface area contributed by atoms with Crippen molar-refractivity contribution in [2.45, 2.75) is 51.5 Å². The van der Waals surface area contributed by atoms with Gasteiger partial charge in [0.25, 0.3) is 5.91 Å². The van der Waals surface area contributed by atoms with Crippen molar-refractivity contribution in [3.8, 4) is 5.75 Å². The highest BCUT2D eigenvalue weighted by Gasteiger charge is 2.37. The van der Waals surface area contributed by atoms with Crippen molar-refractivity contribution in [1.29, 1.82) is 0 Å². The maximum absolute atomic E-state index is 13.2. The zero-order chi connectivity index (χ0) is 21.1. The molecule has 156 valence electrons. The van der Waals surface area contributed by atoms with Crippen molar-refractivity contribution in [3.05, 3.63) is 29.3 Å². The molecule has 7 nitrogen and oxygen atoms in total. The molecule has 0 bridgehead atoms. The molecule has 3 N–H and O–H groups in total. The summed E-state index contributed by atoms with van der Waals surface area (Å²) in [7, 11) is 0. The average molecular weight is 403 g/mol. The molecule has 0 aliphatic carbocycles. The third kappa shape index (κ3) is 5.51. The molecule has 1 saturated heterocycles. The second-order valence-corrected chi connectivity index (χ2v) is 7.43. The van der Waals surface area contributed by atoms with Crippen LogP contribution in [0.5, 0.6) is 5.75 Å². The Morgan fingerprint density at radius 3 is 2.29 bits per heavy atom. The van der Waals surface area contributed by atoms with E-state index in [0.717, 1.165) is 6.07 Å². The lowest BCUT2D eigenvalue weighted by molar-refractivity contribution is -0.138. The summed E-state index contributed by atoms with van der Waals surface area (Å²) in [5.74, 6) is 3.75. The Labute approximate surface area is 160 Å². The van der Waals surface area contributed by atoms with Crippen LogP contribution in [0.15, 0.2) is 18.2 Å². The number of carbonyl (C=O) groups excluding carboxylic acids is 2. The van der Waals surface area contributed by atoms with Crippen molar-refractivity contribution in [3.63, 3.8) is 0 Å². The van der Waals surface area contributed by atoms with Gasteiger partial charge in [0, 0.05) is 25.9 Å². The smallest absolute Gasteiger partial charge is 0.417 e. The van der Waals surface area contributed by atoms with Crippen molar-refractivity contribution in [2.75, 3.05) is 13.1 Å². The topological polar surface area (TPSA) is 93.9 Å². The quantitative estimate of drug-likeness (QED) is 0.460. The number of alkyl halides is 3. The number of carbonyl (C=O) groups is 2. The van der Waals surface area contributed by atoms with Gasteiger partial charge in [-0.1, -0.05) is 6.07 Å². The number of halogens is 3. The average Bonchev–Trinajstić information content (AvgIpc) is 2.59. The highest BCUT2D eigenvalue weighted by Crippen LogP contribution is 2.36. The minimum atomic E-state index is -4.73. The predicted molar refractivity (Wildman–Crippen MR) is 94.6 cm³/mol. The van der Waals surface area contributed by atoms with E-state index in [-0.39, 0.29) is 5.75 Å². The fourth-order valence-corrected chi connectivity index (χ4v) is 2.83. The summed E-state index contributed by atoms with van der Waals surface area (Å²) < 4.78 is 50.7. The van der Waals surface area contributed by atoms with Gasteiger partial charge in [0.15, 0.2) is 0 Å².